The highest BCUT2D eigenvalue weighted by molar-refractivity contribution is 5.80. The number of piperidine rings is 1. The van der Waals surface area contributed by atoms with Crippen molar-refractivity contribution in [2.75, 3.05) is 26.2 Å². The molecule has 142 valence electrons. The van der Waals surface area contributed by atoms with Crippen molar-refractivity contribution in [2.45, 2.75) is 51.7 Å². The summed E-state index contributed by atoms with van der Waals surface area (Å²) in [4.78, 5) is 10.9. The standard InChI is InChI=1S/C17H28F3N5/c1-3-22-16(23-8-5-4-7-17(18,19)20)24-10-6-14(2)15(12-24)25-11-9-21-13-25/h9,11,13-15H,3-8,10,12H2,1-2H3,(H,22,23). The Balaban J connectivity index is 1.93. The van der Waals surface area contributed by atoms with E-state index in [1.54, 1.807) is 6.20 Å². The van der Waals surface area contributed by atoms with Crippen LogP contribution in [-0.2, 0) is 0 Å². The molecule has 0 bridgehead atoms. The maximum atomic E-state index is 12.2. The summed E-state index contributed by atoms with van der Waals surface area (Å²) in [6.07, 6.45) is 2.41. The van der Waals surface area contributed by atoms with Crippen molar-refractivity contribution in [3.63, 3.8) is 0 Å². The fourth-order valence-electron chi connectivity index (χ4n) is 3.14. The molecular weight excluding hydrogens is 331 g/mol. The van der Waals surface area contributed by atoms with Gasteiger partial charge in [0.15, 0.2) is 5.96 Å². The van der Waals surface area contributed by atoms with Crippen molar-refractivity contribution >= 4 is 5.96 Å². The smallest absolute Gasteiger partial charge is 0.357 e. The summed E-state index contributed by atoms with van der Waals surface area (Å²) in [5.74, 6) is 1.34. The Labute approximate surface area is 147 Å². The first-order valence-corrected chi connectivity index (χ1v) is 8.98. The lowest BCUT2D eigenvalue weighted by molar-refractivity contribution is -0.135. The second-order valence-corrected chi connectivity index (χ2v) is 6.60. The fraction of sp³-hybridized carbons (Fsp3) is 0.765. The summed E-state index contributed by atoms with van der Waals surface area (Å²) >= 11 is 0. The molecule has 0 aliphatic carbocycles. The number of unbranched alkanes of at least 4 members (excludes halogenated alkanes) is 1. The molecule has 1 aliphatic heterocycles. The van der Waals surface area contributed by atoms with Crippen LogP contribution in [0.2, 0.25) is 0 Å². The van der Waals surface area contributed by atoms with Crippen LogP contribution in [0.15, 0.2) is 23.7 Å². The second kappa shape index (κ2) is 9.10. The Morgan fingerprint density at radius 2 is 2.16 bits per heavy atom. The SMILES string of the molecule is CCNC(=NCCCCC(F)(F)F)N1CCC(C)C(n2ccnc2)C1. The lowest BCUT2D eigenvalue weighted by atomic mass is 9.93. The Morgan fingerprint density at radius 1 is 1.36 bits per heavy atom. The lowest BCUT2D eigenvalue weighted by Gasteiger charge is -2.39. The van der Waals surface area contributed by atoms with Gasteiger partial charge in [-0.3, -0.25) is 4.99 Å². The number of imidazole rings is 1. The van der Waals surface area contributed by atoms with Crippen molar-refractivity contribution in [1.29, 1.82) is 0 Å². The van der Waals surface area contributed by atoms with E-state index in [-0.39, 0.29) is 6.42 Å². The number of hydrogen-bond acceptors (Lipinski definition) is 2. The van der Waals surface area contributed by atoms with Crippen molar-refractivity contribution in [1.82, 2.24) is 19.8 Å². The average Bonchev–Trinajstić information content (AvgIpc) is 3.07. The first-order valence-electron chi connectivity index (χ1n) is 8.98. The summed E-state index contributed by atoms with van der Waals surface area (Å²) in [5.41, 5.74) is 0. The van der Waals surface area contributed by atoms with Gasteiger partial charge in [0.25, 0.3) is 0 Å². The van der Waals surface area contributed by atoms with E-state index in [0.717, 1.165) is 32.0 Å². The summed E-state index contributed by atoms with van der Waals surface area (Å²) in [5, 5.41) is 3.27. The second-order valence-electron chi connectivity index (χ2n) is 6.60. The first kappa shape index (κ1) is 19.6. The molecule has 1 N–H and O–H groups in total. The largest absolute Gasteiger partial charge is 0.389 e. The number of likely N-dealkylation sites (tertiary alicyclic amines) is 1. The molecule has 1 aromatic rings. The molecule has 1 aromatic heterocycles. The molecule has 0 saturated carbocycles. The third-order valence-corrected chi connectivity index (χ3v) is 4.59. The van der Waals surface area contributed by atoms with Gasteiger partial charge >= 0.3 is 6.18 Å². The molecule has 8 heteroatoms. The molecule has 25 heavy (non-hydrogen) atoms. The average molecular weight is 359 g/mol. The van der Waals surface area contributed by atoms with Crippen LogP contribution in [0.5, 0.6) is 0 Å². The minimum atomic E-state index is -4.07. The van der Waals surface area contributed by atoms with E-state index in [2.05, 4.69) is 31.7 Å². The number of nitrogens with zero attached hydrogens (tertiary/aromatic N) is 4. The molecule has 0 radical (unpaired) electrons. The first-order chi connectivity index (χ1) is 11.9. The van der Waals surface area contributed by atoms with Crippen molar-refractivity contribution < 1.29 is 13.2 Å². The van der Waals surface area contributed by atoms with E-state index < -0.39 is 12.6 Å². The normalized spacial score (nSPS) is 22.3. The van der Waals surface area contributed by atoms with Crippen molar-refractivity contribution in [3.8, 4) is 0 Å². The third kappa shape index (κ3) is 6.25. The molecule has 2 unspecified atom stereocenters. The van der Waals surface area contributed by atoms with Crippen LogP contribution >= 0.6 is 0 Å². The van der Waals surface area contributed by atoms with E-state index in [9.17, 15) is 13.2 Å². The van der Waals surface area contributed by atoms with E-state index in [1.807, 2.05) is 19.4 Å². The number of hydrogen-bond donors (Lipinski definition) is 1. The summed E-state index contributed by atoms with van der Waals surface area (Å²) < 4.78 is 38.7. The minimum absolute atomic E-state index is 0.126. The number of aromatic nitrogens is 2. The topological polar surface area (TPSA) is 45.5 Å². The van der Waals surface area contributed by atoms with Crippen LogP contribution < -0.4 is 5.32 Å². The van der Waals surface area contributed by atoms with Gasteiger partial charge in [0.05, 0.1) is 12.4 Å². The van der Waals surface area contributed by atoms with Gasteiger partial charge in [0.2, 0.25) is 0 Å². The van der Waals surface area contributed by atoms with Gasteiger partial charge in [0.1, 0.15) is 0 Å². The number of guanidine groups is 1. The number of alkyl halides is 3. The van der Waals surface area contributed by atoms with E-state index in [4.69, 9.17) is 0 Å². The number of aliphatic imine (C=N–C) groups is 1. The zero-order chi connectivity index (χ0) is 18.3. The predicted octanol–water partition coefficient (Wildman–Crippen LogP) is 3.46. The molecule has 0 amide bonds. The molecule has 1 fully saturated rings. The van der Waals surface area contributed by atoms with Gasteiger partial charge in [-0.1, -0.05) is 6.92 Å². The predicted molar refractivity (Wildman–Crippen MR) is 92.5 cm³/mol. The maximum Gasteiger partial charge on any atom is 0.389 e. The van der Waals surface area contributed by atoms with Gasteiger partial charge < -0.3 is 14.8 Å². The molecule has 0 spiro atoms. The quantitative estimate of drug-likeness (QED) is 0.481. The van der Waals surface area contributed by atoms with Crippen molar-refractivity contribution in [3.05, 3.63) is 18.7 Å². The molecule has 2 rings (SSSR count). The number of rotatable bonds is 6. The molecule has 1 aliphatic rings. The van der Waals surface area contributed by atoms with Gasteiger partial charge in [0, 0.05) is 45.0 Å². The van der Waals surface area contributed by atoms with Gasteiger partial charge in [-0.25, -0.2) is 4.98 Å². The van der Waals surface area contributed by atoms with Crippen LogP contribution in [0.25, 0.3) is 0 Å². The van der Waals surface area contributed by atoms with E-state index in [1.165, 1.54) is 0 Å². The fourth-order valence-corrected chi connectivity index (χ4v) is 3.14. The Bertz CT molecular complexity index is 527. The van der Waals surface area contributed by atoms with E-state index >= 15 is 0 Å². The Kier molecular flexibility index (Phi) is 7.13. The highest BCUT2D eigenvalue weighted by Gasteiger charge is 2.29. The van der Waals surface area contributed by atoms with Crippen LogP contribution in [0, 0.1) is 5.92 Å². The number of halogens is 3. The van der Waals surface area contributed by atoms with Crippen LogP contribution in [0.3, 0.4) is 0 Å². The molecule has 0 aromatic carbocycles. The van der Waals surface area contributed by atoms with Crippen LogP contribution in [-0.4, -0.2) is 52.8 Å². The molecular formula is C17H28F3N5. The van der Waals surface area contributed by atoms with Gasteiger partial charge in [-0.15, -0.1) is 0 Å². The lowest BCUT2D eigenvalue weighted by Crippen LogP contribution is -2.49. The van der Waals surface area contributed by atoms with Gasteiger partial charge in [-0.05, 0) is 32.1 Å². The van der Waals surface area contributed by atoms with Gasteiger partial charge in [-0.2, -0.15) is 13.2 Å². The Morgan fingerprint density at radius 3 is 2.80 bits per heavy atom. The van der Waals surface area contributed by atoms with E-state index in [0.29, 0.717) is 24.9 Å². The van der Waals surface area contributed by atoms with Crippen LogP contribution in [0.1, 0.15) is 45.6 Å². The zero-order valence-corrected chi connectivity index (χ0v) is 15.0. The molecule has 5 nitrogen and oxygen atoms in total. The highest BCUT2D eigenvalue weighted by Crippen LogP contribution is 2.27. The summed E-state index contributed by atoms with van der Waals surface area (Å²) in [7, 11) is 0. The van der Waals surface area contributed by atoms with Crippen molar-refractivity contribution in [2.24, 2.45) is 10.9 Å². The molecule has 2 atom stereocenters. The van der Waals surface area contributed by atoms with Crippen LogP contribution in [0.4, 0.5) is 13.2 Å². The third-order valence-electron chi connectivity index (χ3n) is 4.59. The Hall–Kier alpha value is -1.73. The zero-order valence-electron chi connectivity index (χ0n) is 15.0. The maximum absolute atomic E-state index is 12.2. The molecule has 2 heterocycles. The summed E-state index contributed by atoms with van der Waals surface area (Å²) in [6.45, 7) is 7.12. The number of nitrogens with one attached hydrogen (secondary N) is 1. The summed E-state index contributed by atoms with van der Waals surface area (Å²) in [6, 6.07) is 0.324. The molecule has 1 saturated heterocycles. The minimum Gasteiger partial charge on any atom is -0.357 e. The monoisotopic (exact) mass is 359 g/mol. The highest BCUT2D eigenvalue weighted by atomic mass is 19.4.